The number of rotatable bonds is 3. The van der Waals surface area contributed by atoms with Gasteiger partial charge in [-0.05, 0) is 43.7 Å². The Morgan fingerprint density at radius 3 is 1.90 bits per heavy atom. The lowest BCUT2D eigenvalue weighted by Gasteiger charge is -2.25. The van der Waals surface area contributed by atoms with Crippen LogP contribution in [0, 0.1) is 13.8 Å². The van der Waals surface area contributed by atoms with E-state index in [1.54, 1.807) is 24.3 Å². The third-order valence-corrected chi connectivity index (χ3v) is 5.29. The molecule has 0 aromatic heterocycles. The molecular formula is C25H21NO4. The van der Waals surface area contributed by atoms with E-state index in [4.69, 9.17) is 0 Å². The van der Waals surface area contributed by atoms with E-state index in [1.165, 1.54) is 17.0 Å². The first-order valence-corrected chi connectivity index (χ1v) is 9.60. The van der Waals surface area contributed by atoms with Crippen LogP contribution in [0.4, 0.5) is 5.69 Å². The van der Waals surface area contributed by atoms with E-state index in [-0.39, 0.29) is 17.1 Å². The van der Waals surface area contributed by atoms with Crippen LogP contribution in [0.3, 0.4) is 0 Å². The number of aliphatic hydroxyl groups is 1. The van der Waals surface area contributed by atoms with Gasteiger partial charge in [0.1, 0.15) is 11.5 Å². The molecule has 0 spiro atoms. The maximum atomic E-state index is 13.0. The first-order valence-electron chi connectivity index (χ1n) is 9.60. The van der Waals surface area contributed by atoms with Crippen molar-refractivity contribution >= 4 is 23.1 Å². The van der Waals surface area contributed by atoms with Crippen LogP contribution in [0.1, 0.15) is 28.3 Å². The van der Waals surface area contributed by atoms with Crippen LogP contribution in [0.5, 0.6) is 5.75 Å². The van der Waals surface area contributed by atoms with Gasteiger partial charge in [-0.2, -0.15) is 0 Å². The molecule has 0 unspecified atom stereocenters. The minimum atomic E-state index is -0.781. The molecule has 30 heavy (non-hydrogen) atoms. The third kappa shape index (κ3) is 3.35. The molecule has 5 nitrogen and oxygen atoms in total. The molecule has 1 aliphatic rings. The molecule has 3 aromatic rings. The Hall–Kier alpha value is -3.86. The van der Waals surface area contributed by atoms with E-state index >= 15 is 0 Å². The lowest BCUT2D eigenvalue weighted by atomic mass is 9.94. The fourth-order valence-corrected chi connectivity index (χ4v) is 3.64. The normalized spacial score (nSPS) is 18.1. The molecule has 4 rings (SSSR count). The van der Waals surface area contributed by atoms with Crippen LogP contribution in [-0.4, -0.2) is 21.9 Å². The summed E-state index contributed by atoms with van der Waals surface area (Å²) >= 11 is 0. The molecular weight excluding hydrogens is 378 g/mol. The molecule has 1 atom stereocenters. The number of carbonyl (C=O) groups excluding carboxylic acids is 2. The number of hydrogen-bond donors (Lipinski definition) is 2. The number of aliphatic hydroxyl groups excluding tert-OH is 1. The standard InChI is InChI=1S/C25H21NO4/c1-15-3-7-17(8-4-15)22-21(23(28)18-9-5-16(2)6-10-18)24(29)25(30)26(22)19-11-13-20(27)14-12-19/h3-14,22,27-28H,1-2H3/t22-/m1/s1. The predicted molar refractivity (Wildman–Crippen MR) is 115 cm³/mol. The van der Waals surface area contributed by atoms with E-state index in [0.717, 1.165) is 11.1 Å². The number of benzene rings is 3. The lowest BCUT2D eigenvalue weighted by molar-refractivity contribution is -0.132. The highest BCUT2D eigenvalue weighted by molar-refractivity contribution is 6.51. The van der Waals surface area contributed by atoms with Gasteiger partial charge in [0, 0.05) is 11.3 Å². The smallest absolute Gasteiger partial charge is 0.300 e. The minimum Gasteiger partial charge on any atom is -0.508 e. The number of phenolic OH excluding ortho intramolecular Hbond substituents is 1. The molecule has 0 saturated carbocycles. The summed E-state index contributed by atoms with van der Waals surface area (Å²) in [7, 11) is 0. The summed E-state index contributed by atoms with van der Waals surface area (Å²) in [4.78, 5) is 27.4. The number of carbonyl (C=O) groups is 2. The van der Waals surface area contributed by atoms with Crippen molar-refractivity contribution in [2.45, 2.75) is 19.9 Å². The molecule has 1 heterocycles. The average Bonchev–Trinajstić information content (AvgIpc) is 3.00. The van der Waals surface area contributed by atoms with Gasteiger partial charge in [0.2, 0.25) is 0 Å². The maximum absolute atomic E-state index is 13.0. The quantitative estimate of drug-likeness (QED) is 0.382. The molecule has 0 aliphatic carbocycles. The Labute approximate surface area is 174 Å². The Balaban J connectivity index is 1.93. The second-order valence-corrected chi connectivity index (χ2v) is 7.46. The highest BCUT2D eigenvalue weighted by atomic mass is 16.3. The van der Waals surface area contributed by atoms with Crippen LogP contribution < -0.4 is 4.90 Å². The van der Waals surface area contributed by atoms with E-state index < -0.39 is 17.7 Å². The van der Waals surface area contributed by atoms with Crippen molar-refractivity contribution in [3.8, 4) is 5.75 Å². The first-order chi connectivity index (χ1) is 14.4. The number of aryl methyl sites for hydroxylation is 2. The van der Waals surface area contributed by atoms with Gasteiger partial charge >= 0.3 is 0 Å². The molecule has 1 amide bonds. The van der Waals surface area contributed by atoms with Crippen molar-refractivity contribution in [2.75, 3.05) is 4.90 Å². The molecule has 1 aliphatic heterocycles. The molecule has 5 heteroatoms. The lowest BCUT2D eigenvalue weighted by Crippen LogP contribution is -2.29. The van der Waals surface area contributed by atoms with Crippen LogP contribution >= 0.6 is 0 Å². The summed E-state index contributed by atoms with van der Waals surface area (Å²) in [6.45, 7) is 3.88. The summed E-state index contributed by atoms with van der Waals surface area (Å²) in [6, 6.07) is 19.9. The Morgan fingerprint density at radius 1 is 0.800 bits per heavy atom. The van der Waals surface area contributed by atoms with E-state index in [0.29, 0.717) is 16.8 Å². The van der Waals surface area contributed by atoms with Gasteiger partial charge < -0.3 is 10.2 Å². The van der Waals surface area contributed by atoms with Crippen molar-refractivity contribution in [1.82, 2.24) is 0 Å². The van der Waals surface area contributed by atoms with Crippen LogP contribution in [0.2, 0.25) is 0 Å². The molecule has 0 radical (unpaired) electrons. The molecule has 1 fully saturated rings. The highest BCUT2D eigenvalue weighted by Crippen LogP contribution is 2.42. The number of anilines is 1. The van der Waals surface area contributed by atoms with Gasteiger partial charge in [-0.1, -0.05) is 59.7 Å². The summed E-state index contributed by atoms with van der Waals surface area (Å²) < 4.78 is 0. The van der Waals surface area contributed by atoms with Gasteiger partial charge in [0.25, 0.3) is 11.7 Å². The average molecular weight is 399 g/mol. The zero-order valence-corrected chi connectivity index (χ0v) is 16.7. The summed E-state index contributed by atoms with van der Waals surface area (Å²) in [6.07, 6.45) is 0. The zero-order chi connectivity index (χ0) is 21.4. The first kappa shape index (κ1) is 19.5. The van der Waals surface area contributed by atoms with Crippen molar-refractivity contribution < 1.29 is 19.8 Å². The second-order valence-electron chi connectivity index (χ2n) is 7.46. The van der Waals surface area contributed by atoms with Crippen molar-refractivity contribution in [2.24, 2.45) is 0 Å². The van der Waals surface area contributed by atoms with Crippen LogP contribution in [-0.2, 0) is 9.59 Å². The topological polar surface area (TPSA) is 77.8 Å². The number of aromatic hydroxyl groups is 1. The van der Waals surface area contributed by atoms with E-state index in [2.05, 4.69) is 0 Å². The summed E-state index contributed by atoms with van der Waals surface area (Å²) in [5, 5.41) is 20.7. The number of hydrogen-bond acceptors (Lipinski definition) is 4. The summed E-state index contributed by atoms with van der Waals surface area (Å²) in [5.74, 6) is -1.62. The molecule has 0 bridgehead atoms. The number of Topliss-reactive ketones (excluding diaryl/α,β-unsaturated/α-hetero) is 1. The Bertz CT molecular complexity index is 1140. The molecule has 150 valence electrons. The number of amides is 1. The number of phenols is 1. The van der Waals surface area contributed by atoms with Crippen molar-refractivity contribution in [3.63, 3.8) is 0 Å². The van der Waals surface area contributed by atoms with Gasteiger partial charge in [-0.15, -0.1) is 0 Å². The molecule has 1 saturated heterocycles. The second kappa shape index (κ2) is 7.52. The highest BCUT2D eigenvalue weighted by Gasteiger charge is 2.46. The summed E-state index contributed by atoms with van der Waals surface area (Å²) in [5.41, 5.74) is 3.75. The van der Waals surface area contributed by atoms with Crippen molar-refractivity contribution in [3.05, 3.63) is 101 Å². The van der Waals surface area contributed by atoms with Crippen molar-refractivity contribution in [1.29, 1.82) is 0 Å². The number of nitrogens with zero attached hydrogens (tertiary/aromatic N) is 1. The van der Waals surface area contributed by atoms with E-state index in [9.17, 15) is 19.8 Å². The van der Waals surface area contributed by atoms with Gasteiger partial charge in [0.15, 0.2) is 0 Å². The monoisotopic (exact) mass is 399 g/mol. The Morgan fingerprint density at radius 2 is 1.33 bits per heavy atom. The van der Waals surface area contributed by atoms with E-state index in [1.807, 2.05) is 50.2 Å². The Kier molecular flexibility index (Phi) is 4.88. The fourth-order valence-electron chi connectivity index (χ4n) is 3.64. The van der Waals surface area contributed by atoms with Gasteiger partial charge in [-0.3, -0.25) is 14.5 Å². The fraction of sp³-hybridized carbons (Fsp3) is 0.120. The van der Waals surface area contributed by atoms with Gasteiger partial charge in [0.05, 0.1) is 11.6 Å². The SMILES string of the molecule is Cc1ccc(C(O)=C2C(=O)C(=O)N(c3ccc(O)cc3)[C@@H]2c2ccc(C)cc2)cc1. The molecule has 2 N–H and O–H groups in total. The largest absolute Gasteiger partial charge is 0.508 e. The maximum Gasteiger partial charge on any atom is 0.300 e. The third-order valence-electron chi connectivity index (χ3n) is 5.29. The number of ketones is 1. The van der Waals surface area contributed by atoms with Crippen LogP contribution in [0.15, 0.2) is 78.4 Å². The minimum absolute atomic E-state index is 0.0424. The predicted octanol–water partition coefficient (Wildman–Crippen LogP) is 4.64. The zero-order valence-electron chi connectivity index (χ0n) is 16.7. The van der Waals surface area contributed by atoms with Crippen LogP contribution in [0.25, 0.3) is 5.76 Å². The van der Waals surface area contributed by atoms with Gasteiger partial charge in [-0.25, -0.2) is 0 Å². The molecule has 3 aromatic carbocycles.